The topological polar surface area (TPSA) is 81.3 Å². The van der Waals surface area contributed by atoms with Gasteiger partial charge in [-0.2, -0.15) is 0 Å². The first-order valence-electron chi connectivity index (χ1n) is 8.15. The summed E-state index contributed by atoms with van der Waals surface area (Å²) < 4.78 is 3.29. The van der Waals surface area contributed by atoms with Gasteiger partial charge >= 0.3 is 0 Å². The molecule has 2 heterocycles. The normalized spacial score (nSPS) is 12.8. The first kappa shape index (κ1) is 17.5. The van der Waals surface area contributed by atoms with Crippen molar-refractivity contribution in [3.8, 4) is 0 Å². The highest BCUT2D eigenvalue weighted by Crippen LogP contribution is 2.21. The van der Waals surface area contributed by atoms with Gasteiger partial charge < -0.3 is 5.32 Å². The summed E-state index contributed by atoms with van der Waals surface area (Å²) in [6.45, 7) is 6.12. The average molecular weight is 359 g/mol. The number of aryl methyl sites for hydroxylation is 1. The molecule has 25 heavy (non-hydrogen) atoms. The number of carbonyl (C=O) groups is 1. The molecule has 0 spiro atoms. The number of hydrogen-bond donors (Lipinski definition) is 1. The van der Waals surface area contributed by atoms with Crippen molar-refractivity contribution in [1.29, 1.82) is 0 Å². The van der Waals surface area contributed by atoms with Crippen LogP contribution in [0.1, 0.15) is 20.8 Å². The molecule has 8 heteroatoms. The van der Waals surface area contributed by atoms with Crippen molar-refractivity contribution in [3.05, 3.63) is 34.6 Å². The van der Waals surface area contributed by atoms with E-state index in [1.807, 2.05) is 29.5 Å². The van der Waals surface area contributed by atoms with Gasteiger partial charge in [-0.1, -0.05) is 37.7 Å². The van der Waals surface area contributed by atoms with Crippen molar-refractivity contribution in [2.24, 2.45) is 13.0 Å². The summed E-state index contributed by atoms with van der Waals surface area (Å²) in [5.41, 5.74) is 0.625. The van der Waals surface area contributed by atoms with Crippen LogP contribution in [0.25, 0.3) is 16.7 Å². The first-order valence-corrected chi connectivity index (χ1v) is 9.13. The zero-order chi connectivity index (χ0) is 18.1. The first-order chi connectivity index (χ1) is 11.9. The lowest BCUT2D eigenvalue weighted by molar-refractivity contribution is -0.119. The van der Waals surface area contributed by atoms with Gasteiger partial charge in [-0.25, -0.2) is 0 Å². The van der Waals surface area contributed by atoms with E-state index in [0.717, 1.165) is 5.52 Å². The second-order valence-electron chi connectivity index (χ2n) is 6.39. The van der Waals surface area contributed by atoms with E-state index in [2.05, 4.69) is 29.4 Å². The highest BCUT2D eigenvalue weighted by molar-refractivity contribution is 7.99. The van der Waals surface area contributed by atoms with Gasteiger partial charge in [0, 0.05) is 13.1 Å². The summed E-state index contributed by atoms with van der Waals surface area (Å²) in [6.07, 6.45) is 0. The molecule has 1 atom stereocenters. The number of aromatic nitrogens is 4. The Morgan fingerprint density at radius 1 is 1.24 bits per heavy atom. The average Bonchev–Trinajstić information content (AvgIpc) is 3.02. The Kier molecular flexibility index (Phi) is 4.80. The molecule has 7 nitrogen and oxygen atoms in total. The Balaban J connectivity index is 1.93. The van der Waals surface area contributed by atoms with E-state index in [9.17, 15) is 9.59 Å². The zero-order valence-corrected chi connectivity index (χ0v) is 15.5. The summed E-state index contributed by atoms with van der Waals surface area (Å²) in [5.74, 6) is 1.04. The Morgan fingerprint density at radius 2 is 1.96 bits per heavy atom. The fourth-order valence-corrected chi connectivity index (χ4v) is 3.25. The second kappa shape index (κ2) is 6.87. The van der Waals surface area contributed by atoms with Crippen LogP contribution in [0.15, 0.2) is 34.2 Å². The number of fused-ring (bicyclic) bond motifs is 3. The number of amides is 1. The molecule has 0 fully saturated rings. The fourth-order valence-electron chi connectivity index (χ4n) is 2.50. The largest absolute Gasteiger partial charge is 0.353 e. The van der Waals surface area contributed by atoms with E-state index >= 15 is 0 Å². The van der Waals surface area contributed by atoms with Crippen molar-refractivity contribution in [2.45, 2.75) is 32.0 Å². The minimum atomic E-state index is -0.115. The maximum Gasteiger partial charge on any atom is 0.262 e. The molecule has 132 valence electrons. The van der Waals surface area contributed by atoms with Gasteiger partial charge in [0.1, 0.15) is 0 Å². The fraction of sp³-hybridized carbons (Fsp3) is 0.412. The lowest BCUT2D eigenvalue weighted by atomic mass is 10.1. The third kappa shape index (κ3) is 3.26. The number of rotatable bonds is 5. The molecule has 0 aliphatic rings. The number of thioether (sulfide) groups is 1. The van der Waals surface area contributed by atoms with Crippen LogP contribution in [-0.2, 0) is 11.8 Å². The van der Waals surface area contributed by atoms with E-state index < -0.39 is 0 Å². The molecule has 3 rings (SSSR count). The number of carbonyl (C=O) groups excluding carboxylic acids is 1. The summed E-state index contributed by atoms with van der Waals surface area (Å²) in [5, 5.41) is 12.5. The molecule has 1 aromatic carbocycles. The molecule has 1 unspecified atom stereocenters. The molecule has 0 bridgehead atoms. The van der Waals surface area contributed by atoms with Gasteiger partial charge in [0.2, 0.25) is 11.7 Å². The van der Waals surface area contributed by atoms with E-state index in [-0.39, 0.29) is 23.3 Å². The third-order valence-electron chi connectivity index (χ3n) is 4.32. The van der Waals surface area contributed by atoms with Crippen LogP contribution in [0.3, 0.4) is 0 Å². The molecule has 2 aromatic heterocycles. The highest BCUT2D eigenvalue weighted by Gasteiger charge is 2.17. The second-order valence-corrected chi connectivity index (χ2v) is 7.33. The predicted molar refractivity (Wildman–Crippen MR) is 98.9 cm³/mol. The van der Waals surface area contributed by atoms with E-state index in [4.69, 9.17) is 0 Å². The summed E-state index contributed by atoms with van der Waals surface area (Å²) in [4.78, 5) is 24.5. The Bertz CT molecular complexity index is 992. The lowest BCUT2D eigenvalue weighted by Gasteiger charge is -2.17. The molecule has 0 saturated heterocycles. The van der Waals surface area contributed by atoms with E-state index in [0.29, 0.717) is 22.2 Å². The van der Waals surface area contributed by atoms with E-state index in [1.165, 1.54) is 16.3 Å². The van der Waals surface area contributed by atoms with Gasteiger partial charge in [0.15, 0.2) is 5.16 Å². The van der Waals surface area contributed by atoms with Crippen LogP contribution in [0.5, 0.6) is 0 Å². The van der Waals surface area contributed by atoms with E-state index in [1.54, 1.807) is 13.1 Å². The quantitative estimate of drug-likeness (QED) is 0.703. The standard InChI is InChI=1S/C17H21N5O2S/c1-10(2)11(3)18-14(23)9-25-17-20-19-16-21(4)15(24)12-7-5-6-8-13(12)22(16)17/h5-8,10-11H,9H2,1-4H3,(H,18,23). The highest BCUT2D eigenvalue weighted by atomic mass is 32.2. The molecule has 1 amide bonds. The predicted octanol–water partition coefficient (Wildman–Crippen LogP) is 1.83. The Morgan fingerprint density at radius 3 is 2.68 bits per heavy atom. The SMILES string of the molecule is CC(C)C(C)NC(=O)CSc1nnc2n(C)c(=O)c3ccccc3n12. The van der Waals surface area contributed by atoms with Crippen molar-refractivity contribution >= 4 is 34.3 Å². The third-order valence-corrected chi connectivity index (χ3v) is 5.25. The van der Waals surface area contributed by atoms with Crippen LogP contribution < -0.4 is 10.9 Å². The van der Waals surface area contributed by atoms with Gasteiger partial charge in [-0.3, -0.25) is 18.6 Å². The van der Waals surface area contributed by atoms with Gasteiger partial charge in [0.25, 0.3) is 5.56 Å². The minimum Gasteiger partial charge on any atom is -0.353 e. The van der Waals surface area contributed by atoms with Gasteiger partial charge in [-0.15, -0.1) is 10.2 Å². The molecule has 3 aromatic rings. The lowest BCUT2D eigenvalue weighted by Crippen LogP contribution is -2.37. The van der Waals surface area contributed by atoms with Crippen molar-refractivity contribution in [1.82, 2.24) is 24.5 Å². The number of benzene rings is 1. The van der Waals surface area contributed by atoms with Crippen LogP contribution in [0.4, 0.5) is 0 Å². The van der Waals surface area contributed by atoms with Crippen LogP contribution in [0, 0.1) is 5.92 Å². The smallest absolute Gasteiger partial charge is 0.262 e. The number of nitrogens with one attached hydrogen (secondary N) is 1. The van der Waals surface area contributed by atoms with Gasteiger partial charge in [0.05, 0.1) is 16.7 Å². The number of para-hydroxylation sites is 1. The molecular formula is C17H21N5O2S. The number of hydrogen-bond acceptors (Lipinski definition) is 5. The number of nitrogens with zero attached hydrogens (tertiary/aromatic N) is 4. The zero-order valence-electron chi connectivity index (χ0n) is 14.7. The molecule has 0 saturated carbocycles. The summed E-state index contributed by atoms with van der Waals surface area (Å²) in [7, 11) is 1.67. The molecule has 0 aliphatic carbocycles. The Hall–Kier alpha value is -2.35. The molecule has 0 aliphatic heterocycles. The monoisotopic (exact) mass is 359 g/mol. The van der Waals surface area contributed by atoms with Crippen LogP contribution >= 0.6 is 11.8 Å². The molecule has 0 radical (unpaired) electrons. The summed E-state index contributed by atoms with van der Waals surface area (Å²) >= 11 is 1.31. The molecule has 1 N–H and O–H groups in total. The summed E-state index contributed by atoms with van der Waals surface area (Å²) in [6, 6.07) is 7.45. The molecular weight excluding hydrogens is 338 g/mol. The van der Waals surface area contributed by atoms with Crippen molar-refractivity contribution in [2.75, 3.05) is 5.75 Å². The maximum atomic E-state index is 12.4. The van der Waals surface area contributed by atoms with Crippen LogP contribution in [-0.4, -0.2) is 36.9 Å². The van der Waals surface area contributed by atoms with Crippen molar-refractivity contribution < 1.29 is 4.79 Å². The Labute approximate surface area is 149 Å². The maximum absolute atomic E-state index is 12.4. The van der Waals surface area contributed by atoms with Crippen molar-refractivity contribution in [3.63, 3.8) is 0 Å². The van der Waals surface area contributed by atoms with Crippen LogP contribution in [0.2, 0.25) is 0 Å². The van der Waals surface area contributed by atoms with Gasteiger partial charge in [-0.05, 0) is 25.0 Å². The minimum absolute atomic E-state index is 0.0444.